The monoisotopic (exact) mass is 425 g/mol. The predicted octanol–water partition coefficient (Wildman–Crippen LogP) is 1.17. The molecule has 0 amide bonds. The van der Waals surface area contributed by atoms with E-state index < -0.39 is 9.84 Å². The molecule has 11 heteroatoms. The van der Waals surface area contributed by atoms with Crippen LogP contribution in [0.15, 0.2) is 63.5 Å². The minimum absolute atomic E-state index is 0.0223. The normalized spacial score (nSPS) is 13.5. The lowest BCUT2D eigenvalue weighted by Gasteiger charge is -2.17. The fourth-order valence-corrected chi connectivity index (χ4v) is 4.43. The van der Waals surface area contributed by atoms with Crippen LogP contribution in [0.1, 0.15) is 5.69 Å². The predicted molar refractivity (Wildman–Crippen MR) is 104 cm³/mol. The van der Waals surface area contributed by atoms with Gasteiger partial charge >= 0.3 is 0 Å². The highest BCUT2D eigenvalue weighted by atomic mass is 32.2. The Hall–Kier alpha value is -3.73. The molecule has 1 aromatic carbocycles. The molecule has 10 nitrogen and oxygen atoms in total. The van der Waals surface area contributed by atoms with Gasteiger partial charge in [-0.15, -0.1) is 0 Å². The molecule has 5 rings (SSSR count). The summed E-state index contributed by atoms with van der Waals surface area (Å²) in [5, 5.41) is 11.6. The fourth-order valence-electron chi connectivity index (χ4n) is 3.18. The third kappa shape index (κ3) is 3.08. The van der Waals surface area contributed by atoms with Crippen molar-refractivity contribution in [1.29, 1.82) is 0 Å². The number of nitrogens with zero attached hydrogens (tertiary/aromatic N) is 4. The molecule has 0 aliphatic carbocycles. The molecule has 0 radical (unpaired) electrons. The van der Waals surface area contributed by atoms with E-state index in [4.69, 9.17) is 9.47 Å². The van der Waals surface area contributed by atoms with E-state index in [0.717, 1.165) is 0 Å². The number of ether oxygens (including phenoxy) is 2. The molecule has 0 saturated heterocycles. The van der Waals surface area contributed by atoms with Gasteiger partial charge in [0.1, 0.15) is 13.2 Å². The van der Waals surface area contributed by atoms with E-state index in [9.17, 15) is 13.2 Å². The largest absolute Gasteiger partial charge is 0.484 e. The summed E-state index contributed by atoms with van der Waals surface area (Å²) >= 11 is 0. The van der Waals surface area contributed by atoms with Crippen LogP contribution >= 0.6 is 0 Å². The zero-order chi connectivity index (χ0) is 20.7. The Morgan fingerprint density at radius 1 is 1.07 bits per heavy atom. The Balaban J connectivity index is 1.54. The van der Waals surface area contributed by atoms with E-state index in [1.807, 2.05) is 0 Å². The summed E-state index contributed by atoms with van der Waals surface area (Å²) in [6, 6.07) is 7.44. The van der Waals surface area contributed by atoms with Gasteiger partial charge in [-0.2, -0.15) is 10.2 Å². The Bertz CT molecular complexity index is 1410. The summed E-state index contributed by atoms with van der Waals surface area (Å²) in [5.74, 6) is 0.548. The first kappa shape index (κ1) is 18.3. The van der Waals surface area contributed by atoms with Crippen LogP contribution in [0.2, 0.25) is 0 Å². The highest BCUT2D eigenvalue weighted by Crippen LogP contribution is 2.32. The zero-order valence-corrected chi connectivity index (χ0v) is 16.3. The summed E-state index contributed by atoms with van der Waals surface area (Å²) < 4.78 is 38.2. The third-order valence-electron chi connectivity index (χ3n) is 4.69. The van der Waals surface area contributed by atoms with Gasteiger partial charge in [0.2, 0.25) is 9.84 Å². The number of fused-ring (bicyclic) bond motifs is 2. The number of pyridine rings is 1. The maximum Gasteiger partial charge on any atom is 0.274 e. The summed E-state index contributed by atoms with van der Waals surface area (Å²) in [5.41, 5.74) is 0.328. The Labute approximate surface area is 170 Å². The molecule has 3 aromatic heterocycles. The van der Waals surface area contributed by atoms with E-state index in [1.54, 1.807) is 12.3 Å². The van der Waals surface area contributed by atoms with Crippen LogP contribution in [0.4, 0.5) is 0 Å². The molecular weight excluding hydrogens is 410 g/mol. The Morgan fingerprint density at radius 3 is 2.77 bits per heavy atom. The lowest BCUT2D eigenvalue weighted by molar-refractivity contribution is 0.163. The van der Waals surface area contributed by atoms with Gasteiger partial charge in [0.15, 0.2) is 5.75 Å². The molecule has 1 aliphatic rings. The smallest absolute Gasteiger partial charge is 0.274 e. The van der Waals surface area contributed by atoms with Crippen LogP contribution in [0.5, 0.6) is 11.6 Å². The standard InChI is InChI=1S/C19H15N5O5S/c25-19-16-2-1-14(7-12(16)9-22-24(19)11-13-3-4-21-23-13)30(26,27)15-8-17-18(20-10-15)29-6-5-28-17/h1-4,7-10H,5-6,11H2,(H,21,23). The van der Waals surface area contributed by atoms with Gasteiger partial charge in [0, 0.05) is 17.6 Å². The minimum Gasteiger partial charge on any atom is -0.484 e. The van der Waals surface area contributed by atoms with E-state index in [-0.39, 0.29) is 33.5 Å². The second kappa shape index (κ2) is 6.95. The molecule has 0 fully saturated rings. The van der Waals surface area contributed by atoms with Crippen LogP contribution < -0.4 is 15.0 Å². The quantitative estimate of drug-likeness (QED) is 0.516. The van der Waals surface area contributed by atoms with Crippen molar-refractivity contribution in [3.8, 4) is 11.6 Å². The highest BCUT2D eigenvalue weighted by Gasteiger charge is 2.23. The lowest BCUT2D eigenvalue weighted by Crippen LogP contribution is -2.23. The number of benzene rings is 1. The van der Waals surface area contributed by atoms with Gasteiger partial charge in [-0.1, -0.05) is 0 Å². The molecule has 0 saturated carbocycles. The lowest BCUT2D eigenvalue weighted by atomic mass is 10.2. The van der Waals surface area contributed by atoms with Crippen molar-refractivity contribution in [3.05, 3.63) is 65.0 Å². The van der Waals surface area contributed by atoms with Crippen molar-refractivity contribution >= 4 is 20.6 Å². The van der Waals surface area contributed by atoms with Crippen molar-refractivity contribution < 1.29 is 17.9 Å². The SMILES string of the molecule is O=c1c2ccc(S(=O)(=O)c3cnc4c(c3)OCCO4)cc2cnn1Cc1cc[nH]n1. The van der Waals surface area contributed by atoms with E-state index >= 15 is 0 Å². The maximum absolute atomic E-state index is 13.1. The van der Waals surface area contributed by atoms with Crippen LogP contribution in [0.25, 0.3) is 10.8 Å². The Kier molecular flexibility index (Phi) is 4.24. The highest BCUT2D eigenvalue weighted by molar-refractivity contribution is 7.91. The first-order valence-corrected chi connectivity index (χ1v) is 10.5. The van der Waals surface area contributed by atoms with Gasteiger partial charge in [-0.25, -0.2) is 18.1 Å². The number of rotatable bonds is 4. The molecule has 0 spiro atoms. The first-order valence-electron chi connectivity index (χ1n) is 9.02. The van der Waals surface area contributed by atoms with Crippen LogP contribution in [-0.4, -0.2) is 46.6 Å². The minimum atomic E-state index is -3.88. The Morgan fingerprint density at radius 2 is 1.93 bits per heavy atom. The van der Waals surface area contributed by atoms with Gasteiger partial charge < -0.3 is 9.47 Å². The van der Waals surface area contributed by atoms with Crippen LogP contribution in [0, 0.1) is 0 Å². The molecule has 4 aromatic rings. The molecule has 0 unspecified atom stereocenters. The maximum atomic E-state index is 13.1. The van der Waals surface area contributed by atoms with Crippen molar-refractivity contribution in [2.45, 2.75) is 16.3 Å². The third-order valence-corrected chi connectivity index (χ3v) is 6.41. The summed E-state index contributed by atoms with van der Waals surface area (Å²) in [7, 11) is -3.88. The molecule has 1 N–H and O–H groups in total. The number of aromatic nitrogens is 5. The van der Waals surface area contributed by atoms with Gasteiger partial charge in [0.05, 0.1) is 39.8 Å². The number of hydrogen-bond donors (Lipinski definition) is 1. The van der Waals surface area contributed by atoms with Crippen LogP contribution in [-0.2, 0) is 16.4 Å². The molecule has 0 bridgehead atoms. The van der Waals surface area contributed by atoms with Gasteiger partial charge in [-0.3, -0.25) is 9.89 Å². The van der Waals surface area contributed by atoms with E-state index in [1.165, 1.54) is 41.3 Å². The topological polar surface area (TPSA) is 129 Å². The molecule has 152 valence electrons. The van der Waals surface area contributed by atoms with Crippen LogP contribution in [0.3, 0.4) is 0 Å². The number of sulfone groups is 1. The second-order valence-corrected chi connectivity index (χ2v) is 8.55. The van der Waals surface area contributed by atoms with Gasteiger partial charge in [-0.05, 0) is 24.3 Å². The summed E-state index contributed by atoms with van der Waals surface area (Å²) in [6.07, 6.45) is 4.35. The average molecular weight is 425 g/mol. The van der Waals surface area contributed by atoms with Gasteiger partial charge in [0.25, 0.3) is 11.4 Å². The zero-order valence-electron chi connectivity index (χ0n) is 15.5. The van der Waals surface area contributed by atoms with Crippen molar-refractivity contribution in [2.24, 2.45) is 0 Å². The fraction of sp³-hybridized carbons (Fsp3) is 0.158. The summed E-state index contributed by atoms with van der Waals surface area (Å²) in [6.45, 7) is 0.896. The van der Waals surface area contributed by atoms with Crippen molar-refractivity contribution in [3.63, 3.8) is 0 Å². The number of H-pyrrole nitrogens is 1. The molecule has 0 atom stereocenters. The molecule has 4 heterocycles. The van der Waals surface area contributed by atoms with E-state index in [2.05, 4.69) is 20.3 Å². The first-order chi connectivity index (χ1) is 14.5. The second-order valence-electron chi connectivity index (χ2n) is 6.60. The molecule has 1 aliphatic heterocycles. The van der Waals surface area contributed by atoms with E-state index in [0.29, 0.717) is 29.7 Å². The number of nitrogens with one attached hydrogen (secondary N) is 1. The molecular formula is C19H15N5O5S. The van der Waals surface area contributed by atoms with Crippen molar-refractivity contribution in [1.82, 2.24) is 25.0 Å². The summed E-state index contributed by atoms with van der Waals surface area (Å²) in [4.78, 5) is 16.8. The molecule has 30 heavy (non-hydrogen) atoms. The average Bonchev–Trinajstić information content (AvgIpc) is 3.28. The number of hydrogen-bond acceptors (Lipinski definition) is 8. The number of aromatic amines is 1. The van der Waals surface area contributed by atoms with Crippen molar-refractivity contribution in [2.75, 3.05) is 13.2 Å².